The van der Waals surface area contributed by atoms with Crippen LogP contribution in [0.3, 0.4) is 0 Å². The summed E-state index contributed by atoms with van der Waals surface area (Å²) in [5.74, 6) is 1.29. The maximum atomic E-state index is 15.5. The summed E-state index contributed by atoms with van der Waals surface area (Å²) in [6.45, 7) is 8.59. The molecule has 6 aliphatic rings. The second-order valence-corrected chi connectivity index (χ2v) is 15.2. The molecule has 0 saturated heterocycles. The van der Waals surface area contributed by atoms with Crippen LogP contribution in [0, 0.1) is 5.41 Å². The van der Waals surface area contributed by atoms with Crippen LogP contribution in [-0.2, 0) is 24.1 Å². The Morgan fingerprint density at radius 1 is 0.444 bits per heavy atom. The number of rotatable bonds is 0. The molecule has 3 aromatic rings. The standard InChI is InChI=1S/C42H34F3N8.Cu/c1-39(2)15-7-23-24(8-16-39)35-49-31(23)46-32-25-9-17-40(3,43)18-10-26(25)33(47-32)48-34-27-11-19-41(4,44)20-12-28(27)36(50-34)52-38-30-14-22-42(5,45)21-13-29(30)37(51-35)53(38)6;/h7-22H,1-6H3;/q-1;+1. The summed E-state index contributed by atoms with van der Waals surface area (Å²) in [4.78, 5) is 34.9. The first-order chi connectivity index (χ1) is 25.1. The largest absolute Gasteiger partial charge is 1.00 e. The molecule has 5 heterocycles. The number of aromatic nitrogens is 8. The van der Waals surface area contributed by atoms with Crippen molar-refractivity contribution in [2.75, 3.05) is 0 Å². The molecular weight excluding hydrogens is 737 g/mol. The van der Waals surface area contributed by atoms with Gasteiger partial charge in [-0.1, -0.05) is 74.6 Å². The van der Waals surface area contributed by atoms with Gasteiger partial charge in [0.2, 0.25) is 0 Å². The van der Waals surface area contributed by atoms with E-state index in [0.717, 1.165) is 11.1 Å². The third kappa shape index (κ3) is 6.03. The Morgan fingerprint density at radius 3 is 1.15 bits per heavy atom. The van der Waals surface area contributed by atoms with Gasteiger partial charge in [-0.05, 0) is 68.4 Å². The minimum atomic E-state index is -1.74. The molecule has 2 aliphatic heterocycles. The molecule has 0 N–H and O–H groups in total. The minimum Gasteiger partial charge on any atom is -0.357 e. The van der Waals surface area contributed by atoms with Gasteiger partial charge in [-0.15, -0.1) is 0 Å². The van der Waals surface area contributed by atoms with E-state index in [1.165, 1.54) is 57.2 Å². The maximum Gasteiger partial charge on any atom is 1.00 e. The van der Waals surface area contributed by atoms with Crippen LogP contribution in [0.2, 0.25) is 0 Å². The number of hydrogen-bond acceptors (Lipinski definition) is 6. The van der Waals surface area contributed by atoms with Crippen LogP contribution in [0.4, 0.5) is 13.2 Å². The quantitative estimate of drug-likeness (QED) is 0.211. The van der Waals surface area contributed by atoms with E-state index in [1.807, 2.05) is 23.8 Å². The summed E-state index contributed by atoms with van der Waals surface area (Å²) in [5.41, 5.74) is 0.981. The van der Waals surface area contributed by atoms with Crippen molar-refractivity contribution in [1.29, 1.82) is 0 Å². The van der Waals surface area contributed by atoms with E-state index in [2.05, 4.69) is 26.0 Å². The van der Waals surface area contributed by atoms with E-state index in [4.69, 9.17) is 34.9 Å². The number of alkyl halides is 3. The molecule has 0 amide bonds. The number of aryl methyl sites for hydroxylation is 1. The summed E-state index contributed by atoms with van der Waals surface area (Å²) in [7, 11) is 1.84. The molecule has 0 aromatic carbocycles. The monoisotopic (exact) mass is 770 g/mol. The smallest absolute Gasteiger partial charge is 0.357 e. The fourth-order valence-electron chi connectivity index (χ4n) is 6.88. The van der Waals surface area contributed by atoms with Crippen LogP contribution in [0.15, 0.2) is 72.9 Å². The SMILES string of the molecule is Cn1c2nc3nc(nc4[n-]c(nc5nc(nc1c1c2C=CC(C)(F)C=C1)C1=C5C=CC(C)(F)C=C1)c1c4C=CC(C)(F)C=C1)C1=C3C=CC(C)(C)C=C1.[Cu+]. The van der Waals surface area contributed by atoms with Crippen LogP contribution in [0.25, 0.3) is 69.2 Å². The topological polar surface area (TPSA) is 96.4 Å². The molecule has 0 fully saturated rings. The average Bonchev–Trinajstić information content (AvgIpc) is 3.59. The Hall–Kier alpha value is -5.45. The van der Waals surface area contributed by atoms with Crippen LogP contribution < -0.4 is 4.98 Å². The first-order valence-corrected chi connectivity index (χ1v) is 17.4. The average molecular weight is 771 g/mol. The molecule has 9 rings (SSSR count). The third-order valence-electron chi connectivity index (χ3n) is 10.0. The number of fused-ring (bicyclic) bond motifs is 18. The van der Waals surface area contributed by atoms with Gasteiger partial charge in [0.05, 0.1) is 11.6 Å². The second-order valence-electron chi connectivity index (χ2n) is 15.2. The summed E-state index contributed by atoms with van der Waals surface area (Å²) < 4.78 is 48.2. The zero-order valence-corrected chi connectivity index (χ0v) is 31.2. The van der Waals surface area contributed by atoms with Crippen molar-refractivity contribution in [1.82, 2.24) is 39.5 Å². The molecule has 0 radical (unpaired) electrons. The maximum absolute atomic E-state index is 15.5. The van der Waals surface area contributed by atoms with E-state index in [1.54, 1.807) is 36.5 Å². The molecule has 3 atom stereocenters. The summed E-state index contributed by atoms with van der Waals surface area (Å²) >= 11 is 0. The molecule has 8 nitrogen and oxygen atoms in total. The molecule has 0 saturated carbocycles. The predicted octanol–water partition coefficient (Wildman–Crippen LogP) is 8.90. The molecule has 0 spiro atoms. The first kappa shape index (κ1) is 35.6. The van der Waals surface area contributed by atoms with E-state index in [-0.39, 0.29) is 45.4 Å². The van der Waals surface area contributed by atoms with E-state index >= 15 is 13.2 Å². The molecular formula is C42H34CuF3N8. The van der Waals surface area contributed by atoms with Gasteiger partial charge in [0.1, 0.15) is 28.3 Å². The Bertz CT molecular complexity index is 2510. The van der Waals surface area contributed by atoms with Crippen molar-refractivity contribution >= 4 is 69.2 Å². The van der Waals surface area contributed by atoms with Crippen molar-refractivity contribution in [2.24, 2.45) is 12.5 Å². The molecule has 3 aromatic heterocycles. The Morgan fingerprint density at radius 2 is 0.759 bits per heavy atom. The zero-order valence-electron chi connectivity index (χ0n) is 30.3. The van der Waals surface area contributed by atoms with Gasteiger partial charge in [0.25, 0.3) is 0 Å². The van der Waals surface area contributed by atoms with Gasteiger partial charge in [-0.2, -0.15) is 0 Å². The van der Waals surface area contributed by atoms with E-state index in [9.17, 15) is 0 Å². The Kier molecular flexibility index (Phi) is 7.92. The summed E-state index contributed by atoms with van der Waals surface area (Å²) in [6, 6.07) is 0. The van der Waals surface area contributed by atoms with Crippen molar-refractivity contribution in [3.8, 4) is 0 Å². The number of hydrogen-bond donors (Lipinski definition) is 0. The number of halogens is 3. The van der Waals surface area contributed by atoms with Gasteiger partial charge < -0.3 is 19.5 Å². The van der Waals surface area contributed by atoms with E-state index in [0.29, 0.717) is 56.3 Å². The number of nitrogens with zero attached hydrogens (tertiary/aromatic N) is 8. The van der Waals surface area contributed by atoms with Crippen molar-refractivity contribution in [2.45, 2.75) is 51.6 Å². The van der Waals surface area contributed by atoms with Gasteiger partial charge in [0, 0.05) is 57.2 Å². The van der Waals surface area contributed by atoms with Crippen LogP contribution in [0.1, 0.15) is 80.2 Å². The van der Waals surface area contributed by atoms with E-state index < -0.39 is 17.0 Å². The molecule has 274 valence electrons. The molecule has 12 heteroatoms. The van der Waals surface area contributed by atoms with Crippen LogP contribution in [0.5, 0.6) is 0 Å². The van der Waals surface area contributed by atoms with Crippen LogP contribution >= 0.6 is 0 Å². The first-order valence-electron chi connectivity index (χ1n) is 17.4. The molecule has 3 unspecified atom stereocenters. The zero-order chi connectivity index (χ0) is 37.1. The van der Waals surface area contributed by atoms with Gasteiger partial charge >= 0.3 is 17.1 Å². The molecule has 4 aliphatic carbocycles. The summed E-state index contributed by atoms with van der Waals surface area (Å²) in [5, 5.41) is 0. The predicted molar refractivity (Wildman–Crippen MR) is 204 cm³/mol. The second kappa shape index (κ2) is 12.0. The van der Waals surface area contributed by atoms with Crippen molar-refractivity contribution in [3.05, 3.63) is 118 Å². The van der Waals surface area contributed by atoms with Crippen LogP contribution in [-0.4, -0.2) is 51.5 Å². The fraction of sp³-hybridized carbons (Fsp3) is 0.238. The van der Waals surface area contributed by atoms with Crippen molar-refractivity contribution < 1.29 is 30.2 Å². The number of allylic oxidation sites excluding steroid dienone is 16. The molecule has 54 heavy (non-hydrogen) atoms. The fourth-order valence-corrected chi connectivity index (χ4v) is 6.88. The summed E-state index contributed by atoms with van der Waals surface area (Å²) in [6.07, 6.45) is 26.9. The van der Waals surface area contributed by atoms with Gasteiger partial charge in [0.15, 0.2) is 11.6 Å². The molecule has 8 bridgehead atoms. The normalized spacial score (nSPS) is 25.7. The van der Waals surface area contributed by atoms with Gasteiger partial charge in [-0.25, -0.2) is 33.1 Å². The third-order valence-corrected chi connectivity index (χ3v) is 10.0. The Labute approximate surface area is 320 Å². The van der Waals surface area contributed by atoms with Gasteiger partial charge in [-0.3, -0.25) is 0 Å². The Balaban J connectivity index is 0.00000413. The minimum absolute atomic E-state index is 0. The van der Waals surface area contributed by atoms with Crippen molar-refractivity contribution in [3.63, 3.8) is 0 Å².